The molecule has 0 aliphatic heterocycles. The van der Waals surface area contributed by atoms with Crippen molar-refractivity contribution in [2.45, 2.75) is 77.4 Å². The van der Waals surface area contributed by atoms with E-state index in [-0.39, 0.29) is 24.0 Å². The molecule has 2 aliphatic rings. The lowest BCUT2D eigenvalue weighted by Crippen LogP contribution is -2.68. The number of nitrogens with one attached hydrogen (secondary N) is 1. The largest absolute Gasteiger partial charge is 0.378 e. The van der Waals surface area contributed by atoms with Crippen LogP contribution in [0.15, 0.2) is 4.99 Å². The quantitative estimate of drug-likeness (QED) is 0.280. The summed E-state index contributed by atoms with van der Waals surface area (Å²) in [6.45, 7) is 5.98. The Kier molecular flexibility index (Phi) is 8.31. The van der Waals surface area contributed by atoms with Crippen LogP contribution in [0.5, 0.6) is 0 Å². The highest BCUT2D eigenvalue weighted by Crippen LogP contribution is 2.57. The van der Waals surface area contributed by atoms with E-state index in [0.29, 0.717) is 23.5 Å². The third-order valence-electron chi connectivity index (χ3n) is 5.05. The predicted molar refractivity (Wildman–Crippen MR) is 99.3 cm³/mol. The Balaban J connectivity index is 0.00000220. The smallest absolute Gasteiger partial charge is 0.188 e. The van der Waals surface area contributed by atoms with Crippen molar-refractivity contribution < 1.29 is 4.74 Å². The van der Waals surface area contributed by atoms with Gasteiger partial charge in [-0.15, -0.1) is 24.0 Å². The van der Waals surface area contributed by atoms with Gasteiger partial charge in [-0.05, 0) is 32.6 Å². The van der Waals surface area contributed by atoms with E-state index in [2.05, 4.69) is 24.2 Å². The molecule has 4 nitrogen and oxygen atoms in total. The van der Waals surface area contributed by atoms with Gasteiger partial charge in [0, 0.05) is 24.6 Å². The first-order valence-electron chi connectivity index (χ1n) is 8.41. The Bertz CT molecular complexity index is 331. The zero-order valence-corrected chi connectivity index (χ0v) is 15.9. The minimum absolute atomic E-state index is 0. The summed E-state index contributed by atoms with van der Waals surface area (Å²) in [6, 6.07) is 0.479. The molecule has 124 valence electrons. The van der Waals surface area contributed by atoms with E-state index in [1.54, 1.807) is 0 Å². The summed E-state index contributed by atoms with van der Waals surface area (Å²) in [4.78, 5) is 4.46. The lowest BCUT2D eigenvalue weighted by Gasteiger charge is -2.61. The average molecular weight is 409 g/mol. The van der Waals surface area contributed by atoms with Gasteiger partial charge in [0.1, 0.15) is 0 Å². The fraction of sp³-hybridized carbons (Fsp3) is 0.938. The molecule has 2 aliphatic carbocycles. The maximum Gasteiger partial charge on any atom is 0.188 e. The van der Waals surface area contributed by atoms with Crippen LogP contribution in [0.3, 0.4) is 0 Å². The topological polar surface area (TPSA) is 59.6 Å². The number of nitrogens with zero attached hydrogens (tertiary/aromatic N) is 1. The Morgan fingerprint density at radius 1 is 1.29 bits per heavy atom. The molecule has 21 heavy (non-hydrogen) atoms. The number of aliphatic imine (C=N–C) groups is 1. The standard InChI is InChI=1S/C16H31N3O.HI/c1-3-5-6-7-11-18-15(17)19-13-12-14(20-4-2)16(13)9-8-10-16;/h13-14H,3-12H2,1-2H3,(H3,17,18,19);1H. The highest BCUT2D eigenvalue weighted by molar-refractivity contribution is 14.0. The molecule has 2 rings (SSSR count). The van der Waals surface area contributed by atoms with Gasteiger partial charge in [0.15, 0.2) is 5.96 Å². The summed E-state index contributed by atoms with van der Waals surface area (Å²) >= 11 is 0. The molecule has 2 unspecified atom stereocenters. The molecule has 1 spiro atoms. The molecule has 3 N–H and O–H groups in total. The van der Waals surface area contributed by atoms with Crippen LogP contribution in [0, 0.1) is 5.41 Å². The van der Waals surface area contributed by atoms with Crippen LogP contribution in [0.4, 0.5) is 0 Å². The number of halogens is 1. The molecule has 0 bridgehead atoms. The lowest BCUT2D eigenvalue weighted by molar-refractivity contribution is -0.168. The lowest BCUT2D eigenvalue weighted by atomic mass is 9.51. The Hall–Kier alpha value is -0.0400. The second kappa shape index (κ2) is 9.18. The number of guanidine groups is 1. The van der Waals surface area contributed by atoms with Crippen molar-refractivity contribution in [3.8, 4) is 0 Å². The highest BCUT2D eigenvalue weighted by Gasteiger charge is 2.59. The number of rotatable bonds is 8. The van der Waals surface area contributed by atoms with Crippen LogP contribution in [0.25, 0.3) is 0 Å². The molecule has 5 heteroatoms. The van der Waals surface area contributed by atoms with Crippen molar-refractivity contribution in [2.75, 3.05) is 13.2 Å². The second-order valence-electron chi connectivity index (χ2n) is 6.29. The molecule has 0 heterocycles. The van der Waals surface area contributed by atoms with Crippen molar-refractivity contribution in [3.05, 3.63) is 0 Å². The molecular weight excluding hydrogens is 377 g/mol. The van der Waals surface area contributed by atoms with Crippen LogP contribution in [0.1, 0.15) is 65.2 Å². The number of hydrogen-bond donors (Lipinski definition) is 2. The van der Waals surface area contributed by atoms with E-state index in [9.17, 15) is 0 Å². The van der Waals surface area contributed by atoms with Crippen molar-refractivity contribution in [1.29, 1.82) is 0 Å². The van der Waals surface area contributed by atoms with Crippen molar-refractivity contribution in [3.63, 3.8) is 0 Å². The van der Waals surface area contributed by atoms with Crippen LogP contribution in [-0.4, -0.2) is 31.3 Å². The van der Waals surface area contributed by atoms with Gasteiger partial charge in [-0.2, -0.15) is 0 Å². The van der Waals surface area contributed by atoms with E-state index in [1.165, 1.54) is 38.5 Å². The van der Waals surface area contributed by atoms with Gasteiger partial charge in [0.05, 0.1) is 6.10 Å². The van der Waals surface area contributed by atoms with Gasteiger partial charge in [0.25, 0.3) is 0 Å². The van der Waals surface area contributed by atoms with Gasteiger partial charge in [0.2, 0.25) is 0 Å². The fourth-order valence-electron chi connectivity index (χ4n) is 3.60. The van der Waals surface area contributed by atoms with Crippen LogP contribution in [-0.2, 0) is 4.74 Å². The number of ether oxygens (including phenoxy) is 1. The summed E-state index contributed by atoms with van der Waals surface area (Å²) in [6.07, 6.45) is 10.4. The van der Waals surface area contributed by atoms with Crippen LogP contribution >= 0.6 is 24.0 Å². The number of nitrogens with two attached hydrogens (primary N) is 1. The average Bonchev–Trinajstić information content (AvgIpc) is 2.35. The molecule has 0 saturated heterocycles. The zero-order chi connectivity index (χ0) is 14.4. The molecule has 0 aromatic heterocycles. The van der Waals surface area contributed by atoms with E-state index in [0.717, 1.165) is 26.0 Å². The minimum atomic E-state index is 0. The molecule has 2 atom stereocenters. The van der Waals surface area contributed by atoms with E-state index in [4.69, 9.17) is 10.5 Å². The van der Waals surface area contributed by atoms with Crippen molar-refractivity contribution >= 4 is 29.9 Å². The molecule has 2 saturated carbocycles. The highest BCUT2D eigenvalue weighted by atomic mass is 127. The summed E-state index contributed by atoms with van der Waals surface area (Å²) in [5, 5.41) is 3.44. The Morgan fingerprint density at radius 3 is 2.62 bits per heavy atom. The van der Waals surface area contributed by atoms with Crippen molar-refractivity contribution in [2.24, 2.45) is 16.1 Å². The first-order valence-corrected chi connectivity index (χ1v) is 8.41. The van der Waals surface area contributed by atoms with Gasteiger partial charge in [-0.1, -0.05) is 32.6 Å². The maximum atomic E-state index is 6.02. The van der Waals surface area contributed by atoms with Crippen LogP contribution < -0.4 is 11.1 Å². The summed E-state index contributed by atoms with van der Waals surface area (Å²) in [5.74, 6) is 0.632. The molecule has 0 radical (unpaired) electrons. The third kappa shape index (κ3) is 4.47. The molecule has 0 aromatic rings. The molecule has 0 amide bonds. The summed E-state index contributed by atoms with van der Waals surface area (Å²) < 4.78 is 5.85. The van der Waals surface area contributed by atoms with Crippen molar-refractivity contribution in [1.82, 2.24) is 5.32 Å². The van der Waals surface area contributed by atoms with Gasteiger partial charge < -0.3 is 15.8 Å². The third-order valence-corrected chi connectivity index (χ3v) is 5.05. The Morgan fingerprint density at radius 2 is 2.05 bits per heavy atom. The van der Waals surface area contributed by atoms with Gasteiger partial charge in [-0.25, -0.2) is 0 Å². The van der Waals surface area contributed by atoms with Gasteiger partial charge >= 0.3 is 0 Å². The first kappa shape index (κ1) is 19.0. The zero-order valence-electron chi connectivity index (χ0n) is 13.6. The van der Waals surface area contributed by atoms with Gasteiger partial charge in [-0.3, -0.25) is 4.99 Å². The maximum absolute atomic E-state index is 6.02. The SMILES string of the molecule is CCCCCCN=C(N)NC1CC(OCC)C12CCC2.I. The monoisotopic (exact) mass is 409 g/mol. The molecule has 2 fully saturated rings. The Labute approximate surface area is 146 Å². The summed E-state index contributed by atoms with van der Waals surface area (Å²) in [7, 11) is 0. The number of unbranched alkanes of at least 4 members (excludes halogenated alkanes) is 3. The van der Waals surface area contributed by atoms with Crippen LogP contribution in [0.2, 0.25) is 0 Å². The number of hydrogen-bond acceptors (Lipinski definition) is 2. The second-order valence-corrected chi connectivity index (χ2v) is 6.29. The minimum Gasteiger partial charge on any atom is -0.378 e. The predicted octanol–water partition coefficient (Wildman–Crippen LogP) is 3.44. The first-order chi connectivity index (χ1) is 9.73. The fourth-order valence-corrected chi connectivity index (χ4v) is 3.60. The van der Waals surface area contributed by atoms with E-state index >= 15 is 0 Å². The molecule has 0 aromatic carbocycles. The van der Waals surface area contributed by atoms with E-state index < -0.39 is 0 Å². The normalized spacial score (nSPS) is 26.7. The summed E-state index contributed by atoms with van der Waals surface area (Å²) in [5.41, 5.74) is 6.38. The van der Waals surface area contributed by atoms with E-state index in [1.807, 2.05) is 0 Å². The molecular formula is C16H32IN3O.